The first-order chi connectivity index (χ1) is 6.22. The summed E-state index contributed by atoms with van der Waals surface area (Å²) in [4.78, 5) is 0. The Bertz CT molecular complexity index is 289. The van der Waals surface area contributed by atoms with E-state index in [1.54, 1.807) is 6.07 Å². The summed E-state index contributed by atoms with van der Waals surface area (Å²) in [5, 5.41) is 0. The normalized spacial score (nSPS) is 10.5. The number of hydrogen-bond acceptors (Lipinski definition) is 0. The van der Waals surface area contributed by atoms with Crippen LogP contribution in [0.15, 0.2) is 12.1 Å². The average Bonchev–Trinajstić information content (AvgIpc) is 2.16. The Kier molecular flexibility index (Phi) is 3.47. The molecule has 13 heavy (non-hydrogen) atoms. The van der Waals surface area contributed by atoms with E-state index in [0.717, 1.165) is 30.4 Å². The summed E-state index contributed by atoms with van der Waals surface area (Å²) in [7, 11) is 0. The van der Waals surface area contributed by atoms with E-state index in [-0.39, 0.29) is 5.82 Å². The molecule has 0 N–H and O–H groups in total. The van der Waals surface area contributed by atoms with Crippen LogP contribution in [0.4, 0.5) is 4.39 Å². The Morgan fingerprint density at radius 2 is 1.69 bits per heavy atom. The van der Waals surface area contributed by atoms with E-state index in [0.29, 0.717) is 0 Å². The van der Waals surface area contributed by atoms with Gasteiger partial charge in [0.2, 0.25) is 0 Å². The summed E-state index contributed by atoms with van der Waals surface area (Å²) in [6, 6.07) is 3.79. The minimum Gasteiger partial charge on any atom is -0.207 e. The zero-order chi connectivity index (χ0) is 9.84. The van der Waals surface area contributed by atoms with Crippen molar-refractivity contribution in [1.82, 2.24) is 0 Å². The van der Waals surface area contributed by atoms with Gasteiger partial charge in [-0.1, -0.05) is 26.8 Å². The molecule has 0 atom stereocenters. The summed E-state index contributed by atoms with van der Waals surface area (Å²) in [6.45, 7) is 6.14. The third kappa shape index (κ3) is 2.09. The maximum atomic E-state index is 13.5. The first-order valence-corrected chi connectivity index (χ1v) is 5.03. The highest BCUT2D eigenvalue weighted by molar-refractivity contribution is 5.33. The number of benzene rings is 1. The van der Waals surface area contributed by atoms with Crippen molar-refractivity contribution in [3.05, 3.63) is 34.6 Å². The average molecular weight is 180 g/mol. The summed E-state index contributed by atoms with van der Waals surface area (Å²) < 4.78 is 13.5. The molecule has 0 spiro atoms. The summed E-state index contributed by atoms with van der Waals surface area (Å²) in [5.74, 6) is -0.0290. The summed E-state index contributed by atoms with van der Waals surface area (Å²) in [5.41, 5.74) is 3.16. The van der Waals surface area contributed by atoms with Crippen LogP contribution in [0, 0.1) is 5.82 Å². The van der Waals surface area contributed by atoms with Crippen molar-refractivity contribution in [3.8, 4) is 0 Å². The van der Waals surface area contributed by atoms with Crippen molar-refractivity contribution in [2.45, 2.75) is 40.0 Å². The number of rotatable bonds is 3. The molecule has 1 aromatic carbocycles. The third-order valence-electron chi connectivity index (χ3n) is 2.49. The van der Waals surface area contributed by atoms with E-state index in [1.807, 2.05) is 6.92 Å². The van der Waals surface area contributed by atoms with Crippen molar-refractivity contribution in [3.63, 3.8) is 0 Å². The van der Waals surface area contributed by atoms with Gasteiger partial charge in [0, 0.05) is 0 Å². The molecule has 0 heterocycles. The molecule has 0 amide bonds. The second-order valence-corrected chi connectivity index (χ2v) is 3.28. The van der Waals surface area contributed by atoms with E-state index in [9.17, 15) is 4.39 Å². The smallest absolute Gasteiger partial charge is 0.126 e. The fraction of sp³-hybridized carbons (Fsp3) is 0.500. The van der Waals surface area contributed by atoms with Gasteiger partial charge in [-0.15, -0.1) is 0 Å². The van der Waals surface area contributed by atoms with E-state index in [2.05, 4.69) is 19.9 Å². The zero-order valence-corrected chi connectivity index (χ0v) is 8.65. The fourth-order valence-corrected chi connectivity index (χ4v) is 1.67. The highest BCUT2D eigenvalue weighted by Crippen LogP contribution is 2.18. The van der Waals surface area contributed by atoms with Crippen LogP contribution in [0.2, 0.25) is 0 Å². The lowest BCUT2D eigenvalue weighted by molar-refractivity contribution is 0.606. The fourth-order valence-electron chi connectivity index (χ4n) is 1.67. The van der Waals surface area contributed by atoms with Gasteiger partial charge in [0.1, 0.15) is 5.82 Å². The molecule has 0 saturated carbocycles. The van der Waals surface area contributed by atoms with Gasteiger partial charge in [-0.3, -0.25) is 0 Å². The Morgan fingerprint density at radius 3 is 2.15 bits per heavy atom. The maximum Gasteiger partial charge on any atom is 0.126 e. The predicted molar refractivity (Wildman–Crippen MR) is 54.5 cm³/mol. The van der Waals surface area contributed by atoms with Gasteiger partial charge < -0.3 is 0 Å². The molecule has 1 rings (SSSR count). The molecule has 0 unspecified atom stereocenters. The molecule has 0 bridgehead atoms. The number of hydrogen-bond donors (Lipinski definition) is 0. The highest BCUT2D eigenvalue weighted by atomic mass is 19.1. The van der Waals surface area contributed by atoms with Crippen LogP contribution in [-0.4, -0.2) is 0 Å². The SMILES string of the molecule is CCc1cc(F)c(CC)c(CC)c1. The predicted octanol–water partition coefficient (Wildman–Crippen LogP) is 3.51. The van der Waals surface area contributed by atoms with Gasteiger partial charge in [0.25, 0.3) is 0 Å². The largest absolute Gasteiger partial charge is 0.207 e. The minimum absolute atomic E-state index is 0.0290. The molecule has 1 heteroatoms. The Morgan fingerprint density at radius 1 is 1.00 bits per heavy atom. The molecule has 0 aromatic heterocycles. The first-order valence-electron chi connectivity index (χ1n) is 5.03. The van der Waals surface area contributed by atoms with Crippen LogP contribution >= 0.6 is 0 Å². The van der Waals surface area contributed by atoms with E-state index >= 15 is 0 Å². The lowest BCUT2D eigenvalue weighted by Crippen LogP contribution is -1.98. The molecule has 0 saturated heterocycles. The monoisotopic (exact) mass is 180 g/mol. The minimum atomic E-state index is -0.0290. The summed E-state index contributed by atoms with van der Waals surface area (Å²) >= 11 is 0. The number of aryl methyl sites for hydroxylation is 2. The molecule has 72 valence electrons. The van der Waals surface area contributed by atoms with E-state index in [4.69, 9.17) is 0 Å². The third-order valence-corrected chi connectivity index (χ3v) is 2.49. The van der Waals surface area contributed by atoms with Gasteiger partial charge in [0.15, 0.2) is 0 Å². The Hall–Kier alpha value is -0.850. The second-order valence-electron chi connectivity index (χ2n) is 3.28. The van der Waals surface area contributed by atoms with Crippen LogP contribution < -0.4 is 0 Å². The molecule has 0 fully saturated rings. The van der Waals surface area contributed by atoms with Crippen LogP contribution in [-0.2, 0) is 19.3 Å². The molecule has 1 aromatic rings. The molecule has 0 nitrogen and oxygen atoms in total. The zero-order valence-electron chi connectivity index (χ0n) is 8.65. The van der Waals surface area contributed by atoms with Crippen LogP contribution in [0.25, 0.3) is 0 Å². The Labute approximate surface area is 79.8 Å². The van der Waals surface area contributed by atoms with Crippen molar-refractivity contribution in [2.24, 2.45) is 0 Å². The van der Waals surface area contributed by atoms with Crippen molar-refractivity contribution >= 4 is 0 Å². The van der Waals surface area contributed by atoms with Crippen molar-refractivity contribution in [1.29, 1.82) is 0 Å². The van der Waals surface area contributed by atoms with Crippen LogP contribution in [0.3, 0.4) is 0 Å². The lowest BCUT2D eigenvalue weighted by atomic mass is 9.98. The molecule has 0 aliphatic heterocycles. The second kappa shape index (κ2) is 4.40. The summed E-state index contributed by atoms with van der Waals surface area (Å²) in [6.07, 6.45) is 2.63. The van der Waals surface area contributed by atoms with Gasteiger partial charge in [-0.25, -0.2) is 4.39 Å². The van der Waals surface area contributed by atoms with E-state index < -0.39 is 0 Å². The van der Waals surface area contributed by atoms with Gasteiger partial charge in [-0.2, -0.15) is 0 Å². The lowest BCUT2D eigenvalue weighted by Gasteiger charge is -2.09. The van der Waals surface area contributed by atoms with Gasteiger partial charge >= 0.3 is 0 Å². The molecule has 0 aliphatic carbocycles. The number of halogens is 1. The van der Waals surface area contributed by atoms with Crippen molar-refractivity contribution < 1.29 is 4.39 Å². The first kappa shape index (κ1) is 10.2. The maximum absolute atomic E-state index is 13.5. The van der Waals surface area contributed by atoms with Crippen LogP contribution in [0.5, 0.6) is 0 Å². The van der Waals surface area contributed by atoms with Gasteiger partial charge in [0.05, 0.1) is 0 Å². The topological polar surface area (TPSA) is 0 Å². The molecular weight excluding hydrogens is 163 g/mol. The highest BCUT2D eigenvalue weighted by Gasteiger charge is 2.06. The molecular formula is C12H17F. The van der Waals surface area contributed by atoms with Gasteiger partial charge in [-0.05, 0) is 42.0 Å². The van der Waals surface area contributed by atoms with Crippen LogP contribution in [0.1, 0.15) is 37.5 Å². The quantitative estimate of drug-likeness (QED) is 0.667. The van der Waals surface area contributed by atoms with Crippen molar-refractivity contribution in [2.75, 3.05) is 0 Å². The molecule has 0 aliphatic rings. The van der Waals surface area contributed by atoms with E-state index in [1.165, 1.54) is 5.56 Å². The Balaban J connectivity index is 3.20. The standard InChI is InChI=1S/C12H17F/c1-4-9-7-10(5-2)11(6-3)12(13)8-9/h7-8H,4-6H2,1-3H3. The molecule has 0 radical (unpaired) electrons.